The smallest absolute Gasteiger partial charge is 0.143 e. The lowest BCUT2D eigenvalue weighted by Crippen LogP contribution is -2.47. The predicted octanol–water partition coefficient (Wildman–Crippen LogP) is 5.58. The summed E-state index contributed by atoms with van der Waals surface area (Å²) in [6, 6.07) is 24.0. The fourth-order valence-electron chi connectivity index (χ4n) is 5.09. The molecule has 0 aliphatic carbocycles. The van der Waals surface area contributed by atoms with Crippen LogP contribution in [0.4, 0.5) is 5.69 Å². The summed E-state index contributed by atoms with van der Waals surface area (Å²) >= 11 is 1.77. The maximum absolute atomic E-state index is 6.67. The quantitative estimate of drug-likeness (QED) is 0.425. The SMILES string of the molecule is CNCC[C@@H](Oc1ccccc1N1CCC(CN(C)C)(c2ccccc2)CC1)c1cccs1. The molecular formula is C28H37N3OS. The first-order valence-corrected chi connectivity index (χ1v) is 12.9. The van der Waals surface area contributed by atoms with Crippen LogP contribution in [0.25, 0.3) is 0 Å². The first-order chi connectivity index (χ1) is 16.1. The third-order valence-electron chi connectivity index (χ3n) is 6.72. The highest BCUT2D eigenvalue weighted by atomic mass is 32.1. The van der Waals surface area contributed by atoms with Gasteiger partial charge in [-0.1, -0.05) is 48.5 Å². The van der Waals surface area contributed by atoms with Gasteiger partial charge in [-0.2, -0.15) is 0 Å². The molecule has 2 heterocycles. The molecule has 4 rings (SSSR count). The van der Waals surface area contributed by atoms with E-state index in [4.69, 9.17) is 4.74 Å². The lowest BCUT2D eigenvalue weighted by atomic mass is 9.72. The second kappa shape index (κ2) is 11.2. The number of nitrogens with one attached hydrogen (secondary N) is 1. The Morgan fingerprint density at radius 3 is 2.39 bits per heavy atom. The molecule has 3 aromatic rings. The summed E-state index contributed by atoms with van der Waals surface area (Å²) in [6.45, 7) is 4.07. The Labute approximate surface area is 203 Å². The van der Waals surface area contributed by atoms with Crippen molar-refractivity contribution in [1.29, 1.82) is 0 Å². The molecule has 1 N–H and O–H groups in total. The number of para-hydroxylation sites is 2. The molecule has 0 spiro atoms. The maximum Gasteiger partial charge on any atom is 0.143 e. The molecule has 1 fully saturated rings. The second-order valence-corrected chi connectivity index (χ2v) is 10.3. The molecule has 0 bridgehead atoms. The van der Waals surface area contributed by atoms with Gasteiger partial charge >= 0.3 is 0 Å². The van der Waals surface area contributed by atoms with Crippen LogP contribution in [0.1, 0.15) is 35.8 Å². The van der Waals surface area contributed by atoms with Gasteiger partial charge in [0.05, 0.1) is 5.69 Å². The number of thiophene rings is 1. The van der Waals surface area contributed by atoms with Gasteiger partial charge in [-0.15, -0.1) is 11.3 Å². The summed E-state index contributed by atoms with van der Waals surface area (Å²) in [7, 11) is 6.38. The lowest BCUT2D eigenvalue weighted by Gasteiger charge is -2.45. The van der Waals surface area contributed by atoms with E-state index in [9.17, 15) is 0 Å². The minimum absolute atomic E-state index is 0.0699. The van der Waals surface area contributed by atoms with Crippen molar-refractivity contribution in [2.45, 2.75) is 30.8 Å². The van der Waals surface area contributed by atoms with Gasteiger partial charge in [0.15, 0.2) is 0 Å². The van der Waals surface area contributed by atoms with Crippen molar-refractivity contribution in [3.05, 3.63) is 82.6 Å². The van der Waals surface area contributed by atoms with Gasteiger partial charge in [0, 0.05) is 36.3 Å². The van der Waals surface area contributed by atoms with Crippen LogP contribution in [-0.2, 0) is 5.41 Å². The number of rotatable bonds is 10. The third kappa shape index (κ3) is 5.78. The largest absolute Gasteiger partial charge is 0.483 e. The van der Waals surface area contributed by atoms with E-state index in [2.05, 4.69) is 101 Å². The van der Waals surface area contributed by atoms with E-state index in [1.807, 2.05) is 7.05 Å². The van der Waals surface area contributed by atoms with E-state index in [0.717, 1.165) is 51.2 Å². The molecule has 1 saturated heterocycles. The molecule has 0 saturated carbocycles. The maximum atomic E-state index is 6.67. The Morgan fingerprint density at radius 1 is 1.00 bits per heavy atom. The van der Waals surface area contributed by atoms with Gasteiger partial charge in [0.2, 0.25) is 0 Å². The number of ether oxygens (including phenoxy) is 1. The monoisotopic (exact) mass is 463 g/mol. The number of anilines is 1. The number of hydrogen-bond acceptors (Lipinski definition) is 5. The van der Waals surface area contributed by atoms with Gasteiger partial charge < -0.3 is 19.9 Å². The number of likely N-dealkylation sites (N-methyl/N-ethyl adjacent to an activating group) is 1. The molecule has 1 aliphatic heterocycles. The molecule has 0 amide bonds. The van der Waals surface area contributed by atoms with Crippen LogP contribution < -0.4 is 15.0 Å². The Hall–Kier alpha value is -2.34. The summed E-state index contributed by atoms with van der Waals surface area (Å²) in [5, 5.41) is 5.41. The number of nitrogens with zero attached hydrogens (tertiary/aromatic N) is 2. The molecule has 0 radical (unpaired) electrons. The Morgan fingerprint density at radius 2 is 1.73 bits per heavy atom. The van der Waals surface area contributed by atoms with Crippen LogP contribution in [0, 0.1) is 0 Å². The van der Waals surface area contributed by atoms with Crippen LogP contribution in [-0.4, -0.2) is 52.2 Å². The third-order valence-corrected chi connectivity index (χ3v) is 7.68. The molecular weight excluding hydrogens is 426 g/mol. The van der Waals surface area contributed by atoms with Gasteiger partial charge in [-0.3, -0.25) is 0 Å². The van der Waals surface area contributed by atoms with Crippen molar-refractivity contribution in [2.75, 3.05) is 52.2 Å². The lowest BCUT2D eigenvalue weighted by molar-refractivity contribution is 0.197. The van der Waals surface area contributed by atoms with E-state index < -0.39 is 0 Å². The van der Waals surface area contributed by atoms with E-state index in [0.29, 0.717) is 0 Å². The number of hydrogen-bond donors (Lipinski definition) is 1. The van der Waals surface area contributed by atoms with Crippen LogP contribution in [0.15, 0.2) is 72.1 Å². The fourth-order valence-corrected chi connectivity index (χ4v) is 5.88. The summed E-state index contributed by atoms with van der Waals surface area (Å²) in [4.78, 5) is 6.15. The van der Waals surface area contributed by atoms with E-state index in [1.165, 1.54) is 16.1 Å². The summed E-state index contributed by atoms with van der Waals surface area (Å²) in [5.74, 6) is 0.992. The molecule has 1 aliphatic rings. The first kappa shape index (κ1) is 23.8. The van der Waals surface area contributed by atoms with Crippen molar-refractivity contribution in [1.82, 2.24) is 10.2 Å². The van der Waals surface area contributed by atoms with E-state index in [1.54, 1.807) is 11.3 Å². The highest BCUT2D eigenvalue weighted by molar-refractivity contribution is 7.10. The summed E-state index contributed by atoms with van der Waals surface area (Å²) in [6.07, 6.45) is 3.29. The molecule has 33 heavy (non-hydrogen) atoms. The van der Waals surface area contributed by atoms with Gasteiger partial charge in [-0.25, -0.2) is 0 Å². The van der Waals surface area contributed by atoms with Gasteiger partial charge in [0.1, 0.15) is 11.9 Å². The zero-order chi connectivity index (χ0) is 23.1. The molecule has 4 nitrogen and oxygen atoms in total. The van der Waals surface area contributed by atoms with Crippen molar-refractivity contribution in [3.63, 3.8) is 0 Å². The number of piperidine rings is 1. The highest BCUT2D eigenvalue weighted by Gasteiger charge is 2.37. The average molecular weight is 464 g/mol. The zero-order valence-electron chi connectivity index (χ0n) is 20.2. The van der Waals surface area contributed by atoms with Crippen molar-refractivity contribution < 1.29 is 4.74 Å². The van der Waals surface area contributed by atoms with Gasteiger partial charge in [-0.05, 0) is 69.7 Å². The Bertz CT molecular complexity index is 966. The standard InChI is InChI=1S/C28H37N3OS/c1-29-18-15-26(27-14-9-21-33-27)32-25-13-8-7-12-24(25)31-19-16-28(17-20-31,22-30(2)3)23-10-5-4-6-11-23/h4-14,21,26,29H,15-20,22H2,1-3H3/t26-/m1/s1. The van der Waals surface area contributed by atoms with Crippen molar-refractivity contribution >= 4 is 17.0 Å². The highest BCUT2D eigenvalue weighted by Crippen LogP contribution is 2.40. The normalized spacial score (nSPS) is 16.7. The summed E-state index contributed by atoms with van der Waals surface area (Å²) < 4.78 is 6.67. The van der Waals surface area contributed by atoms with Crippen LogP contribution in [0.2, 0.25) is 0 Å². The van der Waals surface area contributed by atoms with Gasteiger partial charge in [0.25, 0.3) is 0 Å². The zero-order valence-corrected chi connectivity index (χ0v) is 21.0. The van der Waals surface area contributed by atoms with Crippen molar-refractivity contribution in [2.24, 2.45) is 0 Å². The first-order valence-electron chi connectivity index (χ1n) is 12.0. The van der Waals surface area contributed by atoms with E-state index in [-0.39, 0.29) is 11.5 Å². The average Bonchev–Trinajstić information content (AvgIpc) is 3.38. The minimum Gasteiger partial charge on any atom is -0.483 e. The predicted molar refractivity (Wildman–Crippen MR) is 141 cm³/mol. The van der Waals surface area contributed by atoms with Crippen LogP contribution in [0.5, 0.6) is 5.75 Å². The molecule has 0 unspecified atom stereocenters. The minimum atomic E-state index is 0.0699. The van der Waals surface area contributed by atoms with E-state index >= 15 is 0 Å². The van der Waals surface area contributed by atoms with Crippen LogP contribution in [0.3, 0.4) is 0 Å². The summed E-state index contributed by atoms with van der Waals surface area (Å²) in [5.41, 5.74) is 2.88. The topological polar surface area (TPSA) is 27.7 Å². The van der Waals surface area contributed by atoms with Crippen LogP contribution >= 0.6 is 11.3 Å². The molecule has 176 valence electrons. The molecule has 5 heteroatoms. The molecule has 2 aromatic carbocycles. The molecule has 1 aromatic heterocycles. The Balaban J connectivity index is 1.53. The number of benzene rings is 2. The second-order valence-electron chi connectivity index (χ2n) is 9.35. The Kier molecular flexibility index (Phi) is 8.07. The fraction of sp³-hybridized carbons (Fsp3) is 0.429. The molecule has 1 atom stereocenters. The van der Waals surface area contributed by atoms with Crippen molar-refractivity contribution in [3.8, 4) is 5.75 Å².